The van der Waals surface area contributed by atoms with Crippen LogP contribution in [0.25, 0.3) is 44.2 Å². The molecule has 0 aliphatic rings. The number of furan rings is 1. The van der Waals surface area contributed by atoms with Crippen molar-refractivity contribution in [3.05, 3.63) is 95.7 Å². The van der Waals surface area contributed by atoms with Gasteiger partial charge in [0.05, 0.1) is 30.8 Å². The largest absolute Gasteiger partial charge is 0.497 e. The van der Waals surface area contributed by atoms with Gasteiger partial charge in [0.1, 0.15) is 17.0 Å². The molecule has 0 fully saturated rings. The number of para-hydroxylation sites is 2. The molecule has 6 aromatic rings. The Bertz CT molecular complexity index is 1800. The maximum atomic E-state index is 13.7. The predicted octanol–water partition coefficient (Wildman–Crippen LogP) is 5.78. The Hall–Kier alpha value is -4.62. The van der Waals surface area contributed by atoms with Gasteiger partial charge >= 0.3 is 0 Å². The first-order valence-corrected chi connectivity index (χ1v) is 12.5. The van der Waals surface area contributed by atoms with Gasteiger partial charge < -0.3 is 24.6 Å². The van der Waals surface area contributed by atoms with Gasteiger partial charge in [0.15, 0.2) is 5.76 Å². The number of amides is 1. The summed E-state index contributed by atoms with van der Waals surface area (Å²) < 4.78 is 11.6. The number of aliphatic hydroxyl groups excluding tert-OH is 1. The number of benzene rings is 3. The quantitative estimate of drug-likeness (QED) is 0.255. The summed E-state index contributed by atoms with van der Waals surface area (Å²) in [6.07, 6.45) is 2.40. The number of pyridine rings is 1. The van der Waals surface area contributed by atoms with E-state index in [0.717, 1.165) is 33.0 Å². The van der Waals surface area contributed by atoms with E-state index in [0.29, 0.717) is 40.1 Å². The van der Waals surface area contributed by atoms with E-state index < -0.39 is 6.04 Å². The van der Waals surface area contributed by atoms with Gasteiger partial charge in [-0.2, -0.15) is 0 Å². The molecule has 3 heterocycles. The van der Waals surface area contributed by atoms with E-state index in [1.165, 1.54) is 0 Å². The third kappa shape index (κ3) is 4.27. The summed E-state index contributed by atoms with van der Waals surface area (Å²) in [7, 11) is 1.59. The Morgan fingerprint density at radius 2 is 1.95 bits per heavy atom. The van der Waals surface area contributed by atoms with Crippen LogP contribution >= 0.6 is 0 Å². The second-order valence-electron chi connectivity index (χ2n) is 9.46. The zero-order valence-corrected chi connectivity index (χ0v) is 21.1. The van der Waals surface area contributed by atoms with Crippen molar-refractivity contribution >= 4 is 38.7 Å². The highest BCUT2D eigenvalue weighted by molar-refractivity contribution is 6.07. The van der Waals surface area contributed by atoms with Crippen LogP contribution in [0.15, 0.2) is 83.4 Å². The molecule has 0 bridgehead atoms. The van der Waals surface area contributed by atoms with Crippen LogP contribution in [0.4, 0.5) is 0 Å². The maximum Gasteiger partial charge on any atom is 0.252 e. The van der Waals surface area contributed by atoms with Crippen molar-refractivity contribution in [1.29, 1.82) is 0 Å². The standard InChI is InChI=1S/C31H27N3O4/c1-18-6-5-7-19-13-29(38-30(18)19)28-15-25(24-14-22(37-2)10-11-27(24)34-28)31(36)33-21(17-35)12-20-16-32-26-9-4-3-8-23(20)26/h3-11,13-16,21,32,35H,12,17H2,1-2H3,(H,33,36)/t21-/m1/s1. The molecule has 1 atom stereocenters. The molecular formula is C31H27N3O4. The number of aromatic amines is 1. The molecule has 3 aromatic carbocycles. The Morgan fingerprint density at radius 3 is 2.76 bits per heavy atom. The van der Waals surface area contributed by atoms with Crippen molar-refractivity contribution in [2.24, 2.45) is 0 Å². The molecular weight excluding hydrogens is 478 g/mol. The first-order valence-electron chi connectivity index (χ1n) is 12.5. The maximum absolute atomic E-state index is 13.7. The van der Waals surface area contributed by atoms with E-state index in [1.807, 2.05) is 73.8 Å². The van der Waals surface area contributed by atoms with Crippen LogP contribution in [-0.4, -0.2) is 40.7 Å². The predicted molar refractivity (Wildman–Crippen MR) is 149 cm³/mol. The molecule has 0 saturated carbocycles. The second kappa shape index (κ2) is 9.68. The number of carbonyl (C=O) groups is 1. The minimum Gasteiger partial charge on any atom is -0.497 e. The van der Waals surface area contributed by atoms with Gasteiger partial charge in [-0.15, -0.1) is 0 Å². The van der Waals surface area contributed by atoms with Crippen LogP contribution in [0.3, 0.4) is 0 Å². The molecule has 3 N–H and O–H groups in total. The molecule has 3 aromatic heterocycles. The number of nitrogens with zero attached hydrogens (tertiary/aromatic N) is 1. The average molecular weight is 506 g/mol. The van der Waals surface area contributed by atoms with Gasteiger partial charge in [-0.05, 0) is 60.9 Å². The van der Waals surface area contributed by atoms with E-state index in [2.05, 4.69) is 10.3 Å². The number of nitrogens with one attached hydrogen (secondary N) is 2. The summed E-state index contributed by atoms with van der Waals surface area (Å²) in [6.45, 7) is 1.80. The van der Waals surface area contributed by atoms with Gasteiger partial charge in [0.25, 0.3) is 5.91 Å². The summed E-state index contributed by atoms with van der Waals surface area (Å²) in [6, 6.07) is 22.6. The van der Waals surface area contributed by atoms with E-state index in [4.69, 9.17) is 14.1 Å². The summed E-state index contributed by atoms with van der Waals surface area (Å²) >= 11 is 0. The van der Waals surface area contributed by atoms with Gasteiger partial charge in [0.2, 0.25) is 0 Å². The van der Waals surface area contributed by atoms with Crippen molar-refractivity contribution in [2.45, 2.75) is 19.4 Å². The number of H-pyrrole nitrogens is 1. The lowest BCUT2D eigenvalue weighted by atomic mass is 10.0. The second-order valence-corrected chi connectivity index (χ2v) is 9.46. The topological polar surface area (TPSA) is 100 Å². The van der Waals surface area contributed by atoms with Gasteiger partial charge in [-0.1, -0.05) is 36.4 Å². The average Bonchev–Trinajstić information content (AvgIpc) is 3.57. The molecule has 0 spiro atoms. The third-order valence-electron chi connectivity index (χ3n) is 6.95. The molecule has 0 aliphatic heterocycles. The third-order valence-corrected chi connectivity index (χ3v) is 6.95. The van der Waals surface area contributed by atoms with Crippen molar-refractivity contribution in [3.8, 4) is 17.2 Å². The van der Waals surface area contributed by atoms with Gasteiger partial charge in [-0.25, -0.2) is 4.98 Å². The zero-order valence-electron chi connectivity index (χ0n) is 21.1. The lowest BCUT2D eigenvalue weighted by molar-refractivity contribution is 0.0918. The number of aliphatic hydroxyl groups is 1. The van der Waals surface area contributed by atoms with Gasteiger partial charge in [0, 0.05) is 27.9 Å². The van der Waals surface area contributed by atoms with Crippen LogP contribution in [0, 0.1) is 6.92 Å². The van der Waals surface area contributed by atoms with Crippen molar-refractivity contribution in [1.82, 2.24) is 15.3 Å². The monoisotopic (exact) mass is 505 g/mol. The van der Waals surface area contributed by atoms with Gasteiger partial charge in [-0.3, -0.25) is 4.79 Å². The number of aromatic nitrogens is 2. The number of hydrogen-bond donors (Lipinski definition) is 3. The normalized spacial score (nSPS) is 12.3. The Balaban J connectivity index is 1.39. The van der Waals surface area contributed by atoms with Crippen molar-refractivity contribution in [3.63, 3.8) is 0 Å². The first-order chi connectivity index (χ1) is 18.5. The number of methoxy groups -OCH3 is 1. The summed E-state index contributed by atoms with van der Waals surface area (Å²) in [4.78, 5) is 21.8. The smallest absolute Gasteiger partial charge is 0.252 e. The number of fused-ring (bicyclic) bond motifs is 3. The minimum absolute atomic E-state index is 0.201. The summed E-state index contributed by atoms with van der Waals surface area (Å²) in [5.41, 5.74) is 5.49. The van der Waals surface area contributed by atoms with Crippen LogP contribution in [0.2, 0.25) is 0 Å². The molecule has 38 heavy (non-hydrogen) atoms. The summed E-state index contributed by atoms with van der Waals surface area (Å²) in [5.74, 6) is 0.898. The number of rotatable bonds is 7. The lowest BCUT2D eigenvalue weighted by Crippen LogP contribution is -2.39. The SMILES string of the molecule is COc1ccc2nc(-c3cc4cccc(C)c4o3)cc(C(=O)N[C@@H](CO)Cc3c[nH]c4ccccc34)c2c1. The highest BCUT2D eigenvalue weighted by atomic mass is 16.5. The van der Waals surface area contributed by atoms with Crippen LogP contribution in [0.1, 0.15) is 21.5 Å². The first kappa shape index (κ1) is 23.8. The number of carbonyl (C=O) groups excluding carboxylic acids is 1. The highest BCUT2D eigenvalue weighted by Gasteiger charge is 2.21. The Kier molecular flexibility index (Phi) is 6.05. The number of ether oxygens (including phenoxy) is 1. The molecule has 0 aliphatic carbocycles. The Morgan fingerprint density at radius 1 is 1.08 bits per heavy atom. The highest BCUT2D eigenvalue weighted by Crippen LogP contribution is 2.32. The lowest BCUT2D eigenvalue weighted by Gasteiger charge is -2.17. The van der Waals surface area contributed by atoms with E-state index in [1.54, 1.807) is 19.2 Å². The number of hydrogen-bond acceptors (Lipinski definition) is 5. The van der Waals surface area contributed by atoms with Crippen LogP contribution in [0.5, 0.6) is 5.75 Å². The molecule has 0 unspecified atom stereocenters. The van der Waals surface area contributed by atoms with E-state index in [9.17, 15) is 9.90 Å². The molecule has 6 rings (SSSR count). The fourth-order valence-corrected chi connectivity index (χ4v) is 4.97. The Labute approximate surface area is 219 Å². The number of aryl methyl sites for hydroxylation is 1. The van der Waals surface area contributed by atoms with E-state index >= 15 is 0 Å². The molecule has 0 saturated heterocycles. The molecule has 7 nitrogen and oxygen atoms in total. The molecule has 0 radical (unpaired) electrons. The summed E-state index contributed by atoms with van der Waals surface area (Å²) in [5, 5.41) is 15.9. The zero-order chi connectivity index (χ0) is 26.2. The molecule has 7 heteroatoms. The molecule has 1 amide bonds. The van der Waals surface area contributed by atoms with Crippen molar-refractivity contribution < 1.29 is 19.1 Å². The molecule has 190 valence electrons. The minimum atomic E-state index is -0.479. The fraction of sp³-hybridized carbons (Fsp3) is 0.161. The van der Waals surface area contributed by atoms with E-state index in [-0.39, 0.29) is 12.5 Å². The fourth-order valence-electron chi connectivity index (χ4n) is 4.97. The van der Waals surface area contributed by atoms with Crippen LogP contribution < -0.4 is 10.1 Å². The van der Waals surface area contributed by atoms with Crippen LogP contribution in [-0.2, 0) is 6.42 Å². The van der Waals surface area contributed by atoms with Crippen molar-refractivity contribution in [2.75, 3.05) is 13.7 Å².